The molecule has 6 heteroatoms. The largest absolute Gasteiger partial charge is 0.348 e. The number of hydrogen-bond donors (Lipinski definition) is 1. The van der Waals surface area contributed by atoms with Crippen LogP contribution in [-0.2, 0) is 6.42 Å². The van der Waals surface area contributed by atoms with E-state index in [0.29, 0.717) is 11.4 Å². The lowest BCUT2D eigenvalue weighted by Gasteiger charge is -2.16. The lowest BCUT2D eigenvalue weighted by atomic mass is 10.1. The Bertz CT molecular complexity index is 958. The van der Waals surface area contributed by atoms with Crippen LogP contribution >= 0.6 is 0 Å². The Kier molecular flexibility index (Phi) is 5.98. The molecule has 0 spiro atoms. The average Bonchev–Trinajstić information content (AvgIpc) is 3.06. The number of carbonyl (C=O) groups is 1. The summed E-state index contributed by atoms with van der Waals surface area (Å²) >= 11 is 0. The van der Waals surface area contributed by atoms with Crippen LogP contribution in [0.1, 0.15) is 61.5 Å². The number of aromatic nitrogens is 4. The summed E-state index contributed by atoms with van der Waals surface area (Å²) in [5.74, 6) is -0.159. The van der Waals surface area contributed by atoms with Crippen molar-refractivity contribution in [2.45, 2.75) is 57.9 Å². The molecule has 3 aromatic rings. The smallest absolute Gasteiger partial charge is 0.274 e. The van der Waals surface area contributed by atoms with Gasteiger partial charge in [-0.1, -0.05) is 50.0 Å². The van der Waals surface area contributed by atoms with Crippen molar-refractivity contribution < 1.29 is 4.79 Å². The molecular formula is C23H27N5O. The second-order valence-electron chi connectivity index (χ2n) is 7.63. The van der Waals surface area contributed by atoms with Gasteiger partial charge < -0.3 is 5.32 Å². The van der Waals surface area contributed by atoms with Crippen LogP contribution in [-0.4, -0.2) is 31.9 Å². The van der Waals surface area contributed by atoms with Crippen molar-refractivity contribution in [1.29, 1.82) is 0 Å². The first-order valence-corrected chi connectivity index (χ1v) is 10.5. The summed E-state index contributed by atoms with van der Waals surface area (Å²) < 4.78 is 1.75. The van der Waals surface area contributed by atoms with E-state index in [4.69, 9.17) is 0 Å². The second-order valence-corrected chi connectivity index (χ2v) is 7.63. The Balaban J connectivity index is 1.72. The van der Waals surface area contributed by atoms with Gasteiger partial charge in [0.05, 0.1) is 5.69 Å². The van der Waals surface area contributed by atoms with Crippen molar-refractivity contribution in [3.8, 4) is 16.9 Å². The molecule has 1 N–H and O–H groups in total. The van der Waals surface area contributed by atoms with Gasteiger partial charge in [0.15, 0.2) is 5.69 Å². The Morgan fingerprint density at radius 1 is 1.14 bits per heavy atom. The number of benzene rings is 1. The zero-order chi connectivity index (χ0) is 20.1. The van der Waals surface area contributed by atoms with Crippen LogP contribution < -0.4 is 5.32 Å². The van der Waals surface area contributed by atoms with E-state index in [2.05, 4.69) is 39.7 Å². The van der Waals surface area contributed by atoms with Crippen molar-refractivity contribution in [3.63, 3.8) is 0 Å². The summed E-state index contributed by atoms with van der Waals surface area (Å²) in [6, 6.07) is 12.2. The van der Waals surface area contributed by atoms with Gasteiger partial charge in [-0.05, 0) is 49.1 Å². The van der Waals surface area contributed by atoms with Gasteiger partial charge in [0.2, 0.25) is 0 Å². The minimum atomic E-state index is -0.159. The highest BCUT2D eigenvalue weighted by atomic mass is 16.2. The number of carbonyl (C=O) groups excluding carboxylic acids is 1. The van der Waals surface area contributed by atoms with Gasteiger partial charge in [-0.25, -0.2) is 4.68 Å². The highest BCUT2D eigenvalue weighted by Gasteiger charge is 2.24. The molecule has 6 nitrogen and oxygen atoms in total. The molecule has 2 aromatic heterocycles. The summed E-state index contributed by atoms with van der Waals surface area (Å²) in [7, 11) is 0. The third-order valence-corrected chi connectivity index (χ3v) is 5.57. The SMILES string of the molecule is CCc1cccc(-n2nnc(C(=O)NC3CCCCCC3)c2-c2cccnc2)c1. The number of hydrogen-bond acceptors (Lipinski definition) is 4. The minimum Gasteiger partial charge on any atom is -0.348 e. The highest BCUT2D eigenvalue weighted by Crippen LogP contribution is 2.26. The highest BCUT2D eigenvalue weighted by molar-refractivity contribution is 5.98. The Morgan fingerprint density at radius 2 is 1.97 bits per heavy atom. The first kappa shape index (κ1) is 19.3. The van der Waals surface area contributed by atoms with E-state index in [1.54, 1.807) is 17.1 Å². The average molecular weight is 390 g/mol. The van der Waals surface area contributed by atoms with Crippen LogP contribution in [0.3, 0.4) is 0 Å². The molecule has 0 bridgehead atoms. The molecule has 0 radical (unpaired) electrons. The van der Waals surface area contributed by atoms with Crippen molar-refractivity contribution in [2.75, 3.05) is 0 Å². The molecule has 1 aliphatic rings. The number of rotatable bonds is 5. The fourth-order valence-corrected chi connectivity index (χ4v) is 3.96. The van der Waals surface area contributed by atoms with Crippen molar-refractivity contribution >= 4 is 5.91 Å². The number of pyridine rings is 1. The number of aryl methyl sites for hydroxylation is 1. The summed E-state index contributed by atoms with van der Waals surface area (Å²) in [4.78, 5) is 17.4. The zero-order valence-electron chi connectivity index (χ0n) is 16.8. The molecule has 0 unspecified atom stereocenters. The lowest BCUT2D eigenvalue weighted by Crippen LogP contribution is -2.35. The van der Waals surface area contributed by atoms with Gasteiger partial charge in [0, 0.05) is 24.0 Å². The fraction of sp³-hybridized carbons (Fsp3) is 0.391. The zero-order valence-corrected chi connectivity index (χ0v) is 16.8. The van der Waals surface area contributed by atoms with E-state index in [0.717, 1.165) is 43.4 Å². The normalized spacial score (nSPS) is 15.1. The van der Waals surface area contributed by atoms with Crippen LogP contribution in [0.5, 0.6) is 0 Å². The second kappa shape index (κ2) is 8.99. The maximum Gasteiger partial charge on any atom is 0.274 e. The van der Waals surface area contributed by atoms with Gasteiger partial charge in [-0.15, -0.1) is 5.10 Å². The van der Waals surface area contributed by atoms with Gasteiger partial charge in [0.1, 0.15) is 5.69 Å². The van der Waals surface area contributed by atoms with Crippen LogP contribution in [0.15, 0.2) is 48.8 Å². The van der Waals surface area contributed by atoms with Gasteiger partial charge in [-0.3, -0.25) is 9.78 Å². The molecule has 1 fully saturated rings. The standard InChI is InChI=1S/C23H27N5O/c1-2-17-9-7-13-20(15-17)28-22(18-10-8-14-24-16-18)21(26-27-28)23(29)25-19-11-5-3-4-6-12-19/h7-10,13-16,19H,2-6,11-12H2,1H3,(H,25,29). The van der Waals surface area contributed by atoms with E-state index in [9.17, 15) is 4.79 Å². The Labute approximate surface area is 171 Å². The fourth-order valence-electron chi connectivity index (χ4n) is 3.96. The molecule has 2 heterocycles. The number of nitrogens with one attached hydrogen (secondary N) is 1. The van der Waals surface area contributed by atoms with Crippen molar-refractivity contribution in [3.05, 3.63) is 60.0 Å². The molecule has 0 saturated heterocycles. The maximum absolute atomic E-state index is 13.1. The predicted molar refractivity (Wildman–Crippen MR) is 113 cm³/mol. The molecule has 1 saturated carbocycles. The summed E-state index contributed by atoms with van der Waals surface area (Å²) in [6.45, 7) is 2.12. The van der Waals surface area contributed by atoms with Crippen LogP contribution in [0.25, 0.3) is 16.9 Å². The molecule has 1 aromatic carbocycles. The number of amides is 1. The van der Waals surface area contributed by atoms with E-state index in [-0.39, 0.29) is 11.9 Å². The summed E-state index contributed by atoms with van der Waals surface area (Å²) in [5, 5.41) is 11.8. The lowest BCUT2D eigenvalue weighted by molar-refractivity contribution is 0.0929. The van der Waals surface area contributed by atoms with Crippen molar-refractivity contribution in [1.82, 2.24) is 25.3 Å². The minimum absolute atomic E-state index is 0.159. The van der Waals surface area contributed by atoms with Crippen molar-refractivity contribution in [2.24, 2.45) is 0 Å². The Morgan fingerprint density at radius 3 is 2.69 bits per heavy atom. The van der Waals surface area contributed by atoms with E-state index < -0.39 is 0 Å². The molecule has 150 valence electrons. The van der Waals surface area contributed by atoms with Crippen LogP contribution in [0.4, 0.5) is 0 Å². The van der Waals surface area contributed by atoms with Gasteiger partial charge in [0.25, 0.3) is 5.91 Å². The first-order valence-electron chi connectivity index (χ1n) is 10.5. The number of nitrogens with zero attached hydrogens (tertiary/aromatic N) is 4. The molecule has 4 rings (SSSR count). The summed E-state index contributed by atoms with van der Waals surface area (Å²) in [5.41, 5.74) is 3.95. The molecule has 29 heavy (non-hydrogen) atoms. The monoisotopic (exact) mass is 389 g/mol. The third kappa shape index (κ3) is 4.36. The molecule has 0 aliphatic heterocycles. The molecule has 0 atom stereocenters. The van der Waals surface area contributed by atoms with Gasteiger partial charge >= 0.3 is 0 Å². The first-order chi connectivity index (χ1) is 14.3. The van der Waals surface area contributed by atoms with E-state index in [1.807, 2.05) is 24.3 Å². The van der Waals surface area contributed by atoms with E-state index >= 15 is 0 Å². The quantitative estimate of drug-likeness (QED) is 0.659. The maximum atomic E-state index is 13.1. The molecule has 1 amide bonds. The van der Waals surface area contributed by atoms with Crippen LogP contribution in [0, 0.1) is 0 Å². The topological polar surface area (TPSA) is 72.7 Å². The third-order valence-electron chi connectivity index (χ3n) is 5.57. The van der Waals surface area contributed by atoms with Gasteiger partial charge in [-0.2, -0.15) is 0 Å². The Hall–Kier alpha value is -3.02. The summed E-state index contributed by atoms with van der Waals surface area (Å²) in [6.07, 6.45) is 11.3. The molecule has 1 aliphatic carbocycles. The predicted octanol–water partition coefficient (Wildman–Crippen LogP) is 4.34. The van der Waals surface area contributed by atoms with Crippen LogP contribution in [0.2, 0.25) is 0 Å². The molecular weight excluding hydrogens is 362 g/mol. The van der Waals surface area contributed by atoms with E-state index in [1.165, 1.54) is 18.4 Å².